The molecular weight excluding hydrogens is 260 g/mol. The first kappa shape index (κ1) is 13.5. The Kier molecular flexibility index (Phi) is 3.23. The summed E-state index contributed by atoms with van der Waals surface area (Å²) in [6.07, 6.45) is 1.11. The molecule has 1 aliphatic rings. The third-order valence-electron chi connectivity index (χ3n) is 3.77. The molecule has 2 heterocycles. The first-order valence-electron chi connectivity index (χ1n) is 7.28. The zero-order chi connectivity index (χ0) is 14.3. The molecule has 0 spiro atoms. The van der Waals surface area contributed by atoms with Crippen LogP contribution < -0.4 is 0 Å². The number of para-hydroxylation sites is 1. The number of rotatable bonds is 0. The smallest absolute Gasteiger partial charge is 0.129 e. The van der Waals surface area contributed by atoms with E-state index in [0.717, 1.165) is 25.1 Å². The zero-order valence-corrected chi connectivity index (χ0v) is 13.8. The Bertz CT molecular complexity index is 710. The van der Waals surface area contributed by atoms with E-state index in [2.05, 4.69) is 66.2 Å². The summed E-state index contributed by atoms with van der Waals surface area (Å²) in [6, 6.07) is 6.50. The fraction of sp³-hybridized carbons (Fsp3) is 0.412. The van der Waals surface area contributed by atoms with Gasteiger partial charge in [-0.1, -0.05) is 37.7 Å². The Labute approximate surface area is 122 Å². The molecule has 1 aromatic heterocycles. The van der Waals surface area contributed by atoms with Gasteiger partial charge in [-0.15, -0.1) is 5.54 Å². The number of fused-ring (bicyclic) bond motifs is 3. The maximum atomic E-state index is 3.63. The third kappa shape index (κ3) is 2.54. The van der Waals surface area contributed by atoms with E-state index < -0.39 is 8.07 Å². The molecular formula is C17H22N2Si. The van der Waals surface area contributed by atoms with Crippen molar-refractivity contribution in [1.29, 1.82) is 0 Å². The minimum Gasteiger partial charge on any atom is -0.357 e. The number of H-pyrrole nitrogens is 1. The van der Waals surface area contributed by atoms with Crippen molar-refractivity contribution in [2.24, 2.45) is 0 Å². The number of hydrogen-bond acceptors (Lipinski definition) is 1. The lowest BCUT2D eigenvalue weighted by atomic mass is 10.0. The van der Waals surface area contributed by atoms with E-state index in [1.807, 2.05) is 0 Å². The van der Waals surface area contributed by atoms with Gasteiger partial charge in [0.05, 0.1) is 5.52 Å². The molecule has 3 heteroatoms. The second kappa shape index (κ2) is 4.80. The average molecular weight is 282 g/mol. The van der Waals surface area contributed by atoms with Gasteiger partial charge in [-0.2, -0.15) is 0 Å². The standard InChI is InChI=1S/C17H22N2Si/c1-19-10-8-16-15(12-19)14-7-5-6-13(17(14)18-16)9-11-20(2,3)4/h5-7,18H,8,10,12H2,1-4H3. The number of aromatic amines is 1. The highest BCUT2D eigenvalue weighted by atomic mass is 28.3. The van der Waals surface area contributed by atoms with Gasteiger partial charge in [-0.25, -0.2) is 0 Å². The van der Waals surface area contributed by atoms with Crippen LogP contribution in [0.3, 0.4) is 0 Å². The van der Waals surface area contributed by atoms with Gasteiger partial charge in [-0.3, -0.25) is 0 Å². The Morgan fingerprint density at radius 3 is 2.80 bits per heavy atom. The van der Waals surface area contributed by atoms with Gasteiger partial charge >= 0.3 is 0 Å². The van der Waals surface area contributed by atoms with Crippen molar-refractivity contribution in [3.63, 3.8) is 0 Å². The summed E-state index contributed by atoms with van der Waals surface area (Å²) in [5.41, 5.74) is 8.73. The maximum Gasteiger partial charge on any atom is 0.129 e. The number of aromatic nitrogens is 1. The summed E-state index contributed by atoms with van der Waals surface area (Å²) in [7, 11) is 0.858. The molecule has 0 saturated carbocycles. The highest BCUT2D eigenvalue weighted by molar-refractivity contribution is 6.83. The van der Waals surface area contributed by atoms with Crippen LogP contribution >= 0.6 is 0 Å². The van der Waals surface area contributed by atoms with Gasteiger partial charge in [-0.05, 0) is 18.7 Å². The topological polar surface area (TPSA) is 19.0 Å². The van der Waals surface area contributed by atoms with E-state index in [0.29, 0.717) is 0 Å². The summed E-state index contributed by atoms with van der Waals surface area (Å²) < 4.78 is 0. The fourth-order valence-corrected chi connectivity index (χ4v) is 3.24. The number of nitrogens with one attached hydrogen (secondary N) is 1. The predicted molar refractivity (Wildman–Crippen MR) is 88.6 cm³/mol. The van der Waals surface area contributed by atoms with Crippen molar-refractivity contribution in [1.82, 2.24) is 9.88 Å². The molecule has 0 radical (unpaired) electrons. The molecule has 0 unspecified atom stereocenters. The lowest BCUT2D eigenvalue weighted by Crippen LogP contribution is -2.25. The van der Waals surface area contributed by atoms with Crippen LogP contribution in [-0.4, -0.2) is 31.6 Å². The van der Waals surface area contributed by atoms with E-state index in [9.17, 15) is 0 Å². The second-order valence-electron chi connectivity index (χ2n) is 6.80. The number of likely N-dealkylation sites (N-methyl/N-ethyl adjacent to an activating group) is 1. The van der Waals surface area contributed by atoms with Crippen LogP contribution in [0.15, 0.2) is 18.2 Å². The predicted octanol–water partition coefficient (Wildman–Crippen LogP) is 3.38. The van der Waals surface area contributed by atoms with Gasteiger partial charge < -0.3 is 9.88 Å². The molecule has 0 saturated heterocycles. The summed E-state index contributed by atoms with van der Waals surface area (Å²) in [5, 5.41) is 1.36. The fourth-order valence-electron chi connectivity index (χ4n) is 2.73. The second-order valence-corrected chi connectivity index (χ2v) is 11.5. The van der Waals surface area contributed by atoms with Gasteiger partial charge in [0.1, 0.15) is 8.07 Å². The van der Waals surface area contributed by atoms with E-state index in [1.165, 1.54) is 22.2 Å². The summed E-state index contributed by atoms with van der Waals surface area (Å²) >= 11 is 0. The summed E-state index contributed by atoms with van der Waals surface area (Å²) in [5.74, 6) is 3.41. The minimum atomic E-state index is -1.33. The summed E-state index contributed by atoms with van der Waals surface area (Å²) in [6.45, 7) is 9.04. The lowest BCUT2D eigenvalue weighted by Gasteiger charge is -2.22. The molecule has 104 valence electrons. The van der Waals surface area contributed by atoms with Crippen LogP contribution in [-0.2, 0) is 13.0 Å². The van der Waals surface area contributed by atoms with Crippen LogP contribution in [0.1, 0.15) is 16.8 Å². The molecule has 0 atom stereocenters. The van der Waals surface area contributed by atoms with E-state index in [1.54, 1.807) is 0 Å². The lowest BCUT2D eigenvalue weighted by molar-refractivity contribution is 0.313. The highest BCUT2D eigenvalue weighted by Gasteiger charge is 2.19. The Hall–Kier alpha value is -1.50. The minimum absolute atomic E-state index is 1.04. The van der Waals surface area contributed by atoms with Crippen LogP contribution in [0.4, 0.5) is 0 Å². The van der Waals surface area contributed by atoms with Crippen molar-refractivity contribution in [3.8, 4) is 11.5 Å². The molecule has 0 amide bonds. The van der Waals surface area contributed by atoms with Crippen LogP contribution in [0.2, 0.25) is 19.6 Å². The van der Waals surface area contributed by atoms with Gasteiger partial charge in [0.2, 0.25) is 0 Å². The number of nitrogens with zero attached hydrogens (tertiary/aromatic N) is 1. The van der Waals surface area contributed by atoms with Crippen molar-refractivity contribution in [2.45, 2.75) is 32.6 Å². The molecule has 0 aliphatic carbocycles. The highest BCUT2D eigenvalue weighted by Crippen LogP contribution is 2.28. The van der Waals surface area contributed by atoms with Gasteiger partial charge in [0.25, 0.3) is 0 Å². The third-order valence-corrected chi connectivity index (χ3v) is 4.65. The molecule has 1 N–H and O–H groups in total. The van der Waals surface area contributed by atoms with Gasteiger partial charge in [0, 0.05) is 36.2 Å². The molecule has 1 aliphatic heterocycles. The number of hydrogen-bond donors (Lipinski definition) is 1. The molecule has 2 aromatic rings. The van der Waals surface area contributed by atoms with Crippen molar-refractivity contribution >= 4 is 19.0 Å². The zero-order valence-electron chi connectivity index (χ0n) is 12.8. The van der Waals surface area contributed by atoms with Crippen molar-refractivity contribution in [2.75, 3.05) is 13.6 Å². The monoisotopic (exact) mass is 282 g/mol. The largest absolute Gasteiger partial charge is 0.357 e. The van der Waals surface area contributed by atoms with Crippen LogP contribution in [0.5, 0.6) is 0 Å². The molecule has 1 aromatic carbocycles. The van der Waals surface area contributed by atoms with E-state index in [4.69, 9.17) is 0 Å². The van der Waals surface area contributed by atoms with Crippen molar-refractivity contribution < 1.29 is 0 Å². The molecule has 20 heavy (non-hydrogen) atoms. The van der Waals surface area contributed by atoms with E-state index >= 15 is 0 Å². The van der Waals surface area contributed by atoms with Crippen LogP contribution in [0, 0.1) is 11.5 Å². The van der Waals surface area contributed by atoms with Crippen molar-refractivity contribution in [3.05, 3.63) is 35.0 Å². The molecule has 3 rings (SSSR count). The summed E-state index contributed by atoms with van der Waals surface area (Å²) in [4.78, 5) is 6.01. The molecule has 0 bridgehead atoms. The first-order chi connectivity index (χ1) is 9.44. The Balaban J connectivity index is 2.14. The SMILES string of the molecule is CN1CCc2[nH]c3c(C#C[Si](C)(C)C)cccc3c2C1. The Morgan fingerprint density at radius 1 is 1.25 bits per heavy atom. The Morgan fingerprint density at radius 2 is 2.05 bits per heavy atom. The normalized spacial score (nSPS) is 15.8. The van der Waals surface area contributed by atoms with Crippen LogP contribution in [0.25, 0.3) is 10.9 Å². The quantitative estimate of drug-likeness (QED) is 0.580. The maximum absolute atomic E-state index is 3.63. The van der Waals surface area contributed by atoms with E-state index in [-0.39, 0.29) is 0 Å². The molecule has 0 fully saturated rings. The number of benzene rings is 1. The first-order valence-corrected chi connectivity index (χ1v) is 10.8. The van der Waals surface area contributed by atoms with Gasteiger partial charge in [0.15, 0.2) is 0 Å². The average Bonchev–Trinajstić information content (AvgIpc) is 2.74. The molecule has 2 nitrogen and oxygen atoms in total.